The zero-order chi connectivity index (χ0) is 15.5. The van der Waals surface area contributed by atoms with E-state index in [4.69, 9.17) is 0 Å². The molecule has 1 heterocycles. The van der Waals surface area contributed by atoms with Gasteiger partial charge in [0.15, 0.2) is 0 Å². The Morgan fingerprint density at radius 1 is 0.773 bits per heavy atom. The molecule has 1 N–H and O–H groups in total. The molecule has 22 heavy (non-hydrogen) atoms. The minimum atomic E-state index is -0.322. The molecule has 0 unspecified atom stereocenters. The van der Waals surface area contributed by atoms with Gasteiger partial charge in [-0.3, -0.25) is 4.98 Å². The number of aliphatic hydroxyl groups is 1. The molecule has 2 aromatic carbocycles. The van der Waals surface area contributed by atoms with Gasteiger partial charge in [0.25, 0.3) is 0 Å². The molecular formula is C18H13F2NO. The highest BCUT2D eigenvalue weighted by Gasteiger charge is 2.09. The first-order chi connectivity index (χ1) is 10.7. The summed E-state index contributed by atoms with van der Waals surface area (Å²) in [4.78, 5) is 4.37. The smallest absolute Gasteiger partial charge is 0.123 e. The van der Waals surface area contributed by atoms with Crippen LogP contribution < -0.4 is 0 Å². The summed E-state index contributed by atoms with van der Waals surface area (Å²) in [7, 11) is 0. The Morgan fingerprint density at radius 3 is 1.86 bits per heavy atom. The van der Waals surface area contributed by atoms with Crippen LogP contribution in [0.2, 0.25) is 0 Å². The third kappa shape index (κ3) is 2.87. The van der Waals surface area contributed by atoms with Gasteiger partial charge in [-0.25, -0.2) is 8.78 Å². The number of benzene rings is 2. The van der Waals surface area contributed by atoms with Gasteiger partial charge >= 0.3 is 0 Å². The van der Waals surface area contributed by atoms with Gasteiger partial charge in [0, 0.05) is 22.9 Å². The Bertz CT molecular complexity index is 783. The fourth-order valence-electron chi connectivity index (χ4n) is 2.30. The monoisotopic (exact) mass is 297 g/mol. The summed E-state index contributed by atoms with van der Waals surface area (Å²) in [5, 5.41) is 9.58. The van der Waals surface area contributed by atoms with E-state index in [-0.39, 0.29) is 18.2 Å². The topological polar surface area (TPSA) is 33.1 Å². The number of aliphatic hydroxyl groups excluding tert-OH is 1. The highest BCUT2D eigenvalue weighted by molar-refractivity contribution is 5.69. The Labute approximate surface area is 126 Å². The van der Waals surface area contributed by atoms with Crippen LogP contribution in [-0.2, 0) is 6.61 Å². The van der Waals surface area contributed by atoms with Crippen LogP contribution in [-0.4, -0.2) is 10.1 Å². The van der Waals surface area contributed by atoms with Crippen LogP contribution in [0.5, 0.6) is 0 Å². The zero-order valence-electron chi connectivity index (χ0n) is 11.6. The number of halogens is 2. The summed E-state index contributed by atoms with van der Waals surface area (Å²) in [5.41, 5.74) is 3.57. The molecule has 0 saturated heterocycles. The molecule has 110 valence electrons. The van der Waals surface area contributed by atoms with Gasteiger partial charge in [-0.05, 0) is 48.0 Å². The van der Waals surface area contributed by atoms with Gasteiger partial charge in [0.05, 0.1) is 12.3 Å². The largest absolute Gasteiger partial charge is 0.392 e. The van der Waals surface area contributed by atoms with Crippen molar-refractivity contribution in [3.63, 3.8) is 0 Å². The molecular weight excluding hydrogens is 284 g/mol. The second-order valence-electron chi connectivity index (χ2n) is 4.90. The standard InChI is InChI=1S/C18H13F2NO/c19-16-5-1-12(2-6-16)14-9-15(11-22)18(21-10-14)13-3-7-17(20)8-4-13/h1-10,22H,11H2. The van der Waals surface area contributed by atoms with E-state index in [2.05, 4.69) is 4.98 Å². The first-order valence-corrected chi connectivity index (χ1v) is 6.79. The summed E-state index contributed by atoms with van der Waals surface area (Å²) < 4.78 is 26.0. The summed E-state index contributed by atoms with van der Waals surface area (Å²) in [6.45, 7) is -0.186. The first-order valence-electron chi connectivity index (χ1n) is 6.79. The van der Waals surface area contributed by atoms with Gasteiger partial charge < -0.3 is 5.11 Å². The van der Waals surface area contributed by atoms with E-state index < -0.39 is 0 Å². The molecule has 1 aromatic heterocycles. The molecule has 0 aliphatic heterocycles. The SMILES string of the molecule is OCc1cc(-c2ccc(F)cc2)cnc1-c1ccc(F)cc1. The molecule has 0 saturated carbocycles. The summed E-state index contributed by atoms with van der Waals surface area (Å²) in [6.07, 6.45) is 1.66. The molecule has 3 rings (SSSR count). The van der Waals surface area contributed by atoms with E-state index in [1.807, 2.05) is 0 Å². The molecule has 0 atom stereocenters. The van der Waals surface area contributed by atoms with Gasteiger partial charge in [-0.2, -0.15) is 0 Å². The molecule has 2 nitrogen and oxygen atoms in total. The number of rotatable bonds is 3. The first kappa shape index (κ1) is 14.4. The molecule has 0 bridgehead atoms. The lowest BCUT2D eigenvalue weighted by Gasteiger charge is -2.10. The normalized spacial score (nSPS) is 10.7. The second-order valence-corrected chi connectivity index (χ2v) is 4.90. The fraction of sp³-hybridized carbons (Fsp3) is 0.0556. The van der Waals surface area contributed by atoms with Crippen LogP contribution >= 0.6 is 0 Å². The van der Waals surface area contributed by atoms with Crippen molar-refractivity contribution in [1.82, 2.24) is 4.98 Å². The van der Waals surface area contributed by atoms with Crippen molar-refractivity contribution in [2.75, 3.05) is 0 Å². The Hall–Kier alpha value is -2.59. The number of pyridine rings is 1. The molecule has 0 fully saturated rings. The van der Waals surface area contributed by atoms with E-state index in [0.717, 1.165) is 16.7 Å². The van der Waals surface area contributed by atoms with E-state index in [1.54, 1.807) is 36.5 Å². The number of aromatic nitrogens is 1. The van der Waals surface area contributed by atoms with E-state index in [9.17, 15) is 13.9 Å². The Morgan fingerprint density at radius 2 is 1.32 bits per heavy atom. The molecule has 0 spiro atoms. The summed E-state index contributed by atoms with van der Waals surface area (Å²) >= 11 is 0. The quantitative estimate of drug-likeness (QED) is 0.786. The van der Waals surface area contributed by atoms with Crippen molar-refractivity contribution in [3.05, 3.63) is 78.0 Å². The maximum atomic E-state index is 13.0. The Kier molecular flexibility index (Phi) is 3.94. The average molecular weight is 297 g/mol. The zero-order valence-corrected chi connectivity index (χ0v) is 11.6. The predicted octanol–water partition coefficient (Wildman–Crippen LogP) is 4.19. The van der Waals surface area contributed by atoms with Gasteiger partial charge in [-0.15, -0.1) is 0 Å². The van der Waals surface area contributed by atoms with Crippen molar-refractivity contribution >= 4 is 0 Å². The minimum Gasteiger partial charge on any atom is -0.392 e. The van der Waals surface area contributed by atoms with Gasteiger partial charge in [0.1, 0.15) is 11.6 Å². The van der Waals surface area contributed by atoms with E-state index >= 15 is 0 Å². The number of hydrogen-bond donors (Lipinski definition) is 1. The summed E-state index contributed by atoms with van der Waals surface area (Å²) in [5.74, 6) is -0.626. The van der Waals surface area contributed by atoms with Crippen molar-refractivity contribution < 1.29 is 13.9 Å². The van der Waals surface area contributed by atoms with E-state index in [1.165, 1.54) is 24.3 Å². The van der Waals surface area contributed by atoms with Crippen LogP contribution in [0.15, 0.2) is 60.8 Å². The van der Waals surface area contributed by atoms with Crippen molar-refractivity contribution in [1.29, 1.82) is 0 Å². The second kappa shape index (κ2) is 6.03. The molecule has 4 heteroatoms. The lowest BCUT2D eigenvalue weighted by Crippen LogP contribution is -1.95. The fourth-order valence-corrected chi connectivity index (χ4v) is 2.30. The van der Waals surface area contributed by atoms with Crippen molar-refractivity contribution in [3.8, 4) is 22.4 Å². The number of nitrogens with zero attached hydrogens (tertiary/aromatic N) is 1. The third-order valence-corrected chi connectivity index (χ3v) is 3.43. The van der Waals surface area contributed by atoms with Crippen LogP contribution in [0, 0.1) is 11.6 Å². The van der Waals surface area contributed by atoms with Crippen molar-refractivity contribution in [2.24, 2.45) is 0 Å². The highest BCUT2D eigenvalue weighted by atomic mass is 19.1. The maximum Gasteiger partial charge on any atom is 0.123 e. The van der Waals surface area contributed by atoms with Gasteiger partial charge in [0.2, 0.25) is 0 Å². The minimum absolute atomic E-state index is 0.186. The van der Waals surface area contributed by atoms with Crippen LogP contribution in [0.3, 0.4) is 0 Å². The number of hydrogen-bond acceptors (Lipinski definition) is 2. The molecule has 0 aliphatic carbocycles. The molecule has 0 aliphatic rings. The lowest BCUT2D eigenvalue weighted by atomic mass is 10.0. The Balaban J connectivity index is 2.04. The highest BCUT2D eigenvalue weighted by Crippen LogP contribution is 2.27. The predicted molar refractivity (Wildman–Crippen MR) is 80.9 cm³/mol. The van der Waals surface area contributed by atoms with E-state index in [0.29, 0.717) is 11.3 Å². The van der Waals surface area contributed by atoms with Crippen molar-refractivity contribution in [2.45, 2.75) is 6.61 Å². The lowest BCUT2D eigenvalue weighted by molar-refractivity contribution is 0.282. The van der Waals surface area contributed by atoms with Crippen LogP contribution in [0.4, 0.5) is 8.78 Å². The maximum absolute atomic E-state index is 13.0. The van der Waals surface area contributed by atoms with Gasteiger partial charge in [-0.1, -0.05) is 12.1 Å². The molecule has 3 aromatic rings. The van der Waals surface area contributed by atoms with Crippen LogP contribution in [0.25, 0.3) is 22.4 Å². The summed E-state index contributed by atoms with van der Waals surface area (Å²) in [6, 6.07) is 13.8. The third-order valence-electron chi connectivity index (χ3n) is 3.43. The van der Waals surface area contributed by atoms with Crippen LogP contribution in [0.1, 0.15) is 5.56 Å². The molecule has 0 amide bonds. The molecule has 0 radical (unpaired) electrons. The average Bonchev–Trinajstić information content (AvgIpc) is 2.56.